The van der Waals surface area contributed by atoms with E-state index in [2.05, 4.69) is 17.1 Å². The number of hydrogen-bond acceptors (Lipinski definition) is 3. The first-order valence-electron chi connectivity index (χ1n) is 8.84. The molecule has 0 spiro atoms. The fraction of sp³-hybridized carbons (Fsp3) is 0. The standard InChI is InChI=1S/C23H10BClN4/c24-14-4-6-16-18(8-14)19-9-15(25)5-7-17(19)22-21(16)28-23(29-22)20-12(10-26)2-1-3-13(20)11-27/h1-9H,(H,28,29). The van der Waals surface area contributed by atoms with Crippen LogP contribution in [0, 0.1) is 22.7 Å². The number of rotatable bonds is 1. The molecule has 0 amide bonds. The van der Waals surface area contributed by atoms with Gasteiger partial charge in [0.2, 0.25) is 0 Å². The number of imidazole rings is 1. The average molecular weight is 389 g/mol. The van der Waals surface area contributed by atoms with Crippen LogP contribution in [0.5, 0.6) is 0 Å². The maximum Gasteiger partial charge on any atom is 0.141 e. The number of aromatic nitrogens is 2. The monoisotopic (exact) mass is 388 g/mol. The van der Waals surface area contributed by atoms with Crippen LogP contribution in [0.2, 0.25) is 5.02 Å². The Morgan fingerprint density at radius 1 is 0.862 bits per heavy atom. The maximum absolute atomic E-state index is 9.55. The highest BCUT2D eigenvalue weighted by molar-refractivity contribution is 6.36. The quantitative estimate of drug-likeness (QED) is 0.333. The van der Waals surface area contributed by atoms with E-state index in [4.69, 9.17) is 24.4 Å². The molecule has 6 heteroatoms. The SMILES string of the molecule is [B]c1ccc2c(c1)c1cc(Cl)ccc1c1nc(-c3c(C#N)cccc3C#N)[nH]c21. The van der Waals surface area contributed by atoms with Crippen molar-refractivity contribution in [2.24, 2.45) is 0 Å². The molecule has 5 aromatic rings. The molecule has 0 aliphatic heterocycles. The predicted octanol–water partition coefficient (Wildman–Crippen LogP) is 4.73. The molecule has 1 N–H and O–H groups in total. The third-order valence-electron chi connectivity index (χ3n) is 5.09. The van der Waals surface area contributed by atoms with Crippen LogP contribution in [-0.4, -0.2) is 17.8 Å². The number of H-pyrrole nitrogens is 1. The van der Waals surface area contributed by atoms with Gasteiger partial charge in [-0.25, -0.2) is 4.98 Å². The van der Waals surface area contributed by atoms with Crippen molar-refractivity contribution >= 4 is 57.5 Å². The second-order valence-electron chi connectivity index (χ2n) is 6.76. The molecule has 0 saturated heterocycles. The number of fused-ring (bicyclic) bond motifs is 6. The molecule has 4 aromatic carbocycles. The molecule has 0 atom stereocenters. The molecule has 0 aliphatic carbocycles. The molecule has 0 bridgehead atoms. The Morgan fingerprint density at radius 3 is 2.28 bits per heavy atom. The van der Waals surface area contributed by atoms with Gasteiger partial charge in [-0.05, 0) is 35.0 Å². The van der Waals surface area contributed by atoms with E-state index < -0.39 is 0 Å². The van der Waals surface area contributed by atoms with Gasteiger partial charge in [0.15, 0.2) is 0 Å². The van der Waals surface area contributed by atoms with Crippen LogP contribution < -0.4 is 5.46 Å². The molecular formula is C23H10BClN4. The minimum absolute atomic E-state index is 0.393. The number of benzene rings is 4. The average Bonchev–Trinajstić information content (AvgIpc) is 3.18. The van der Waals surface area contributed by atoms with Crippen molar-refractivity contribution in [1.82, 2.24) is 9.97 Å². The highest BCUT2D eigenvalue weighted by Gasteiger charge is 2.18. The molecule has 0 saturated carbocycles. The number of aromatic amines is 1. The Morgan fingerprint density at radius 2 is 1.55 bits per heavy atom. The Labute approximate surface area is 172 Å². The summed E-state index contributed by atoms with van der Waals surface area (Å²) in [5, 5.41) is 23.5. The third kappa shape index (κ3) is 2.57. The highest BCUT2D eigenvalue weighted by atomic mass is 35.5. The first-order chi connectivity index (χ1) is 14.1. The number of nitrogens with one attached hydrogen (secondary N) is 1. The van der Waals surface area contributed by atoms with E-state index >= 15 is 0 Å². The molecule has 0 unspecified atom stereocenters. The van der Waals surface area contributed by atoms with Gasteiger partial charge in [-0.1, -0.05) is 47.4 Å². The molecule has 4 nitrogen and oxygen atoms in total. The molecule has 1 aromatic heterocycles. The van der Waals surface area contributed by atoms with Crippen molar-refractivity contribution < 1.29 is 0 Å². The van der Waals surface area contributed by atoms with Gasteiger partial charge < -0.3 is 4.98 Å². The Bertz CT molecular complexity index is 1440. The Kier molecular flexibility index (Phi) is 3.81. The molecule has 5 rings (SSSR count). The second kappa shape index (κ2) is 6.38. The van der Waals surface area contributed by atoms with Crippen molar-refractivity contribution in [2.45, 2.75) is 0 Å². The Hall–Kier alpha value is -3.80. The molecule has 2 radical (unpaired) electrons. The molecule has 1 heterocycles. The summed E-state index contributed by atoms with van der Waals surface area (Å²) < 4.78 is 0. The summed E-state index contributed by atoms with van der Waals surface area (Å²) in [6, 6.07) is 20.7. The lowest BCUT2D eigenvalue weighted by Gasteiger charge is -2.07. The van der Waals surface area contributed by atoms with E-state index in [0.717, 1.165) is 32.6 Å². The van der Waals surface area contributed by atoms with Crippen LogP contribution in [-0.2, 0) is 0 Å². The lowest BCUT2D eigenvalue weighted by molar-refractivity contribution is 1.31. The zero-order valence-corrected chi connectivity index (χ0v) is 15.7. The van der Waals surface area contributed by atoms with Crippen molar-refractivity contribution in [3.63, 3.8) is 0 Å². The van der Waals surface area contributed by atoms with E-state index in [1.54, 1.807) is 18.2 Å². The van der Waals surface area contributed by atoms with Crippen LogP contribution in [0.4, 0.5) is 0 Å². The van der Waals surface area contributed by atoms with Gasteiger partial charge in [0.05, 0.1) is 39.9 Å². The Balaban J connectivity index is 1.98. The molecule has 0 fully saturated rings. The van der Waals surface area contributed by atoms with Crippen molar-refractivity contribution in [2.75, 3.05) is 0 Å². The minimum atomic E-state index is 0.393. The summed E-state index contributed by atoms with van der Waals surface area (Å²) in [5.74, 6) is 0.481. The summed E-state index contributed by atoms with van der Waals surface area (Å²) in [5.41, 5.74) is 3.51. The van der Waals surface area contributed by atoms with Gasteiger partial charge in [0.1, 0.15) is 13.7 Å². The lowest BCUT2D eigenvalue weighted by Crippen LogP contribution is -2.00. The topological polar surface area (TPSA) is 76.3 Å². The molecule has 132 valence electrons. The fourth-order valence-electron chi connectivity index (χ4n) is 3.82. The van der Waals surface area contributed by atoms with Gasteiger partial charge in [0, 0.05) is 15.8 Å². The number of nitriles is 2. The van der Waals surface area contributed by atoms with Crippen molar-refractivity contribution in [3.05, 3.63) is 70.7 Å². The zero-order valence-electron chi connectivity index (χ0n) is 15.0. The van der Waals surface area contributed by atoms with Crippen molar-refractivity contribution in [3.8, 4) is 23.5 Å². The normalized spacial score (nSPS) is 11.0. The fourth-order valence-corrected chi connectivity index (χ4v) is 4.00. The highest BCUT2D eigenvalue weighted by Crippen LogP contribution is 2.37. The maximum atomic E-state index is 9.55. The van der Waals surface area contributed by atoms with Crippen LogP contribution in [0.25, 0.3) is 44.0 Å². The van der Waals surface area contributed by atoms with Gasteiger partial charge in [-0.3, -0.25) is 0 Å². The van der Waals surface area contributed by atoms with E-state index in [1.807, 2.05) is 36.4 Å². The van der Waals surface area contributed by atoms with Gasteiger partial charge in [-0.2, -0.15) is 10.5 Å². The second-order valence-corrected chi connectivity index (χ2v) is 7.19. The van der Waals surface area contributed by atoms with Crippen LogP contribution >= 0.6 is 11.6 Å². The number of hydrogen-bond donors (Lipinski definition) is 1. The minimum Gasteiger partial charge on any atom is -0.337 e. The first kappa shape index (κ1) is 17.3. The van der Waals surface area contributed by atoms with Crippen LogP contribution in [0.15, 0.2) is 54.6 Å². The van der Waals surface area contributed by atoms with Gasteiger partial charge in [0.25, 0.3) is 0 Å². The summed E-state index contributed by atoms with van der Waals surface area (Å²) in [4.78, 5) is 8.14. The third-order valence-corrected chi connectivity index (χ3v) is 5.32. The predicted molar refractivity (Wildman–Crippen MR) is 116 cm³/mol. The van der Waals surface area contributed by atoms with Crippen molar-refractivity contribution in [1.29, 1.82) is 10.5 Å². The molecule has 0 aliphatic rings. The van der Waals surface area contributed by atoms with E-state index in [0.29, 0.717) is 33.0 Å². The van der Waals surface area contributed by atoms with E-state index in [9.17, 15) is 10.5 Å². The smallest absolute Gasteiger partial charge is 0.141 e. The number of nitrogens with zero attached hydrogens (tertiary/aromatic N) is 3. The molecule has 29 heavy (non-hydrogen) atoms. The summed E-state index contributed by atoms with van der Waals surface area (Å²) in [6.07, 6.45) is 0. The summed E-state index contributed by atoms with van der Waals surface area (Å²) >= 11 is 6.26. The zero-order chi connectivity index (χ0) is 20.1. The first-order valence-corrected chi connectivity index (χ1v) is 9.22. The van der Waals surface area contributed by atoms with E-state index in [1.165, 1.54) is 0 Å². The summed E-state index contributed by atoms with van der Waals surface area (Å²) in [7, 11) is 6.04. The van der Waals surface area contributed by atoms with Crippen LogP contribution in [0.3, 0.4) is 0 Å². The van der Waals surface area contributed by atoms with E-state index in [-0.39, 0.29) is 0 Å². The summed E-state index contributed by atoms with van der Waals surface area (Å²) in [6.45, 7) is 0. The number of halogens is 1. The van der Waals surface area contributed by atoms with Crippen LogP contribution in [0.1, 0.15) is 11.1 Å². The van der Waals surface area contributed by atoms with Gasteiger partial charge >= 0.3 is 0 Å². The molecular weight excluding hydrogens is 379 g/mol. The lowest BCUT2D eigenvalue weighted by atomic mass is 9.91. The van der Waals surface area contributed by atoms with Gasteiger partial charge in [-0.15, -0.1) is 0 Å². The largest absolute Gasteiger partial charge is 0.337 e.